The van der Waals surface area contributed by atoms with Crippen molar-refractivity contribution < 1.29 is 0 Å². The second-order valence-electron chi connectivity index (χ2n) is 6.24. The molecule has 122 valence electrons. The molecule has 2 aromatic rings. The average Bonchev–Trinajstić information content (AvgIpc) is 2.52. The number of hydrogen-bond donors (Lipinski definition) is 1. The molecule has 0 bridgehead atoms. The van der Waals surface area contributed by atoms with Crippen molar-refractivity contribution in [1.29, 1.82) is 0 Å². The van der Waals surface area contributed by atoms with E-state index >= 15 is 0 Å². The number of nitrogens with one attached hydrogen (secondary N) is 1. The van der Waals surface area contributed by atoms with Crippen LogP contribution in [0.25, 0.3) is 11.1 Å². The summed E-state index contributed by atoms with van der Waals surface area (Å²) in [6, 6.07) is 4.46. The lowest BCUT2D eigenvalue weighted by Crippen LogP contribution is -2.37. The first-order valence-corrected chi connectivity index (χ1v) is 8.61. The number of aromatic nitrogens is 2. The monoisotopic (exact) mass is 310 g/mol. The fourth-order valence-corrected chi connectivity index (χ4v) is 2.96. The van der Waals surface area contributed by atoms with Gasteiger partial charge in [0.2, 0.25) is 0 Å². The van der Waals surface area contributed by atoms with Gasteiger partial charge >= 0.3 is 0 Å². The number of hydrogen-bond acceptors (Lipinski definition) is 4. The summed E-state index contributed by atoms with van der Waals surface area (Å²) in [4.78, 5) is 11.8. The summed E-state index contributed by atoms with van der Waals surface area (Å²) < 4.78 is 0. The molecule has 1 fully saturated rings. The molecule has 4 heteroatoms. The molecule has 23 heavy (non-hydrogen) atoms. The summed E-state index contributed by atoms with van der Waals surface area (Å²) in [5, 5.41) is 3.17. The molecule has 2 aromatic heterocycles. The number of rotatable bonds is 6. The Labute approximate surface area is 139 Å². The van der Waals surface area contributed by atoms with Gasteiger partial charge in [-0.2, -0.15) is 0 Å². The molecule has 3 heterocycles. The minimum atomic E-state index is 1.03. The second-order valence-corrected chi connectivity index (χ2v) is 6.24. The lowest BCUT2D eigenvalue weighted by atomic mass is 10.0. The molecule has 4 nitrogen and oxygen atoms in total. The third-order valence-electron chi connectivity index (χ3n) is 4.60. The van der Waals surface area contributed by atoms with Crippen LogP contribution in [0.1, 0.15) is 37.6 Å². The van der Waals surface area contributed by atoms with Crippen LogP contribution < -0.4 is 10.2 Å². The van der Waals surface area contributed by atoms with Crippen LogP contribution in [-0.2, 0) is 6.42 Å². The van der Waals surface area contributed by atoms with Gasteiger partial charge in [0.15, 0.2) is 0 Å². The van der Waals surface area contributed by atoms with Gasteiger partial charge in [0.05, 0.1) is 23.3 Å². The molecule has 0 aromatic carbocycles. The molecule has 0 aliphatic carbocycles. The molecular weight excluding hydrogens is 284 g/mol. The first-order chi connectivity index (χ1) is 11.2. The van der Waals surface area contributed by atoms with E-state index < -0.39 is 0 Å². The Kier molecular flexibility index (Phi) is 4.79. The van der Waals surface area contributed by atoms with E-state index in [9.17, 15) is 0 Å². The predicted molar refractivity (Wildman–Crippen MR) is 97.2 cm³/mol. The van der Waals surface area contributed by atoms with Crippen molar-refractivity contribution in [3.63, 3.8) is 0 Å². The van der Waals surface area contributed by atoms with Crippen molar-refractivity contribution in [3.05, 3.63) is 35.9 Å². The maximum atomic E-state index is 4.80. The van der Waals surface area contributed by atoms with Crippen LogP contribution in [0, 0.1) is 6.92 Å². The van der Waals surface area contributed by atoms with E-state index in [2.05, 4.69) is 41.2 Å². The second kappa shape index (κ2) is 6.99. The zero-order valence-corrected chi connectivity index (χ0v) is 14.4. The maximum absolute atomic E-state index is 4.80. The molecule has 1 saturated heterocycles. The molecular formula is C19H26N4. The Morgan fingerprint density at radius 1 is 1.17 bits per heavy atom. The van der Waals surface area contributed by atoms with E-state index in [0.29, 0.717) is 0 Å². The summed E-state index contributed by atoms with van der Waals surface area (Å²) in [5.74, 6) is 0. The zero-order valence-electron chi connectivity index (χ0n) is 14.4. The Morgan fingerprint density at radius 3 is 2.65 bits per heavy atom. The van der Waals surface area contributed by atoms with Crippen LogP contribution in [0.4, 0.5) is 11.4 Å². The summed E-state index contributed by atoms with van der Waals surface area (Å²) in [6.45, 7) is 6.59. The molecule has 0 spiro atoms. The van der Waals surface area contributed by atoms with Gasteiger partial charge in [-0.05, 0) is 38.3 Å². The summed E-state index contributed by atoms with van der Waals surface area (Å²) in [7, 11) is 1.92. The normalized spacial score (nSPS) is 13.8. The Bertz CT molecular complexity index is 677. The van der Waals surface area contributed by atoms with E-state index in [1.165, 1.54) is 30.6 Å². The lowest BCUT2D eigenvalue weighted by Gasteiger charge is -2.34. The van der Waals surface area contributed by atoms with E-state index in [0.717, 1.165) is 42.0 Å². The van der Waals surface area contributed by atoms with Crippen molar-refractivity contribution >= 4 is 11.4 Å². The first-order valence-electron chi connectivity index (χ1n) is 8.61. The number of unbranched alkanes of at least 4 members (excludes halogenated alkanes) is 1. The van der Waals surface area contributed by atoms with Crippen molar-refractivity contribution in [1.82, 2.24) is 9.97 Å². The van der Waals surface area contributed by atoms with Gasteiger partial charge in [-0.15, -0.1) is 0 Å². The third-order valence-corrected chi connectivity index (χ3v) is 4.60. The number of nitrogens with zero attached hydrogens (tertiary/aromatic N) is 3. The van der Waals surface area contributed by atoms with E-state index in [-0.39, 0.29) is 0 Å². The molecule has 3 rings (SSSR count). The van der Waals surface area contributed by atoms with Crippen molar-refractivity contribution in [3.8, 4) is 11.1 Å². The Hall–Kier alpha value is -2.10. The molecule has 1 aliphatic heterocycles. The Morgan fingerprint density at radius 2 is 2.00 bits per heavy atom. The van der Waals surface area contributed by atoms with Gasteiger partial charge in [0.1, 0.15) is 0 Å². The van der Waals surface area contributed by atoms with Gasteiger partial charge in [-0.1, -0.05) is 13.3 Å². The van der Waals surface area contributed by atoms with E-state index in [1.54, 1.807) is 0 Å². The highest BCUT2D eigenvalue weighted by molar-refractivity contribution is 5.73. The lowest BCUT2D eigenvalue weighted by molar-refractivity contribution is 0.611. The highest BCUT2D eigenvalue weighted by Gasteiger charge is 2.19. The highest BCUT2D eigenvalue weighted by atomic mass is 15.2. The quantitative estimate of drug-likeness (QED) is 0.874. The molecule has 0 radical (unpaired) electrons. The minimum Gasteiger partial charge on any atom is -0.387 e. The van der Waals surface area contributed by atoms with Crippen LogP contribution in [0.15, 0.2) is 24.5 Å². The van der Waals surface area contributed by atoms with Gasteiger partial charge in [0, 0.05) is 43.2 Å². The van der Waals surface area contributed by atoms with Crippen molar-refractivity contribution in [2.24, 2.45) is 0 Å². The molecule has 0 amide bonds. The summed E-state index contributed by atoms with van der Waals surface area (Å²) in [6.07, 6.45) is 8.64. The predicted octanol–water partition coefficient (Wildman–Crippen LogP) is 4.05. The van der Waals surface area contributed by atoms with E-state index in [4.69, 9.17) is 4.98 Å². The maximum Gasteiger partial charge on any atom is 0.0637 e. The topological polar surface area (TPSA) is 41.1 Å². The standard InChI is InChI=1S/C19H26N4/c1-4-5-7-18-19(23-8-6-9-23)10-15(12-22-18)17-11-16(20-3)13-21-14(17)2/h10-13,20H,4-9H2,1-3H3. The minimum absolute atomic E-state index is 1.03. The summed E-state index contributed by atoms with van der Waals surface area (Å²) >= 11 is 0. The Balaban J connectivity index is 2.00. The van der Waals surface area contributed by atoms with Crippen molar-refractivity contribution in [2.45, 2.75) is 39.5 Å². The number of anilines is 2. The molecule has 0 atom stereocenters. The number of pyridine rings is 2. The van der Waals surface area contributed by atoms with Crippen LogP contribution in [0.3, 0.4) is 0 Å². The van der Waals surface area contributed by atoms with Crippen LogP contribution in [-0.4, -0.2) is 30.1 Å². The third kappa shape index (κ3) is 3.31. The SMILES string of the molecule is CCCCc1ncc(-c2cc(NC)cnc2C)cc1N1CCC1. The first kappa shape index (κ1) is 15.8. The summed E-state index contributed by atoms with van der Waals surface area (Å²) in [5.41, 5.74) is 6.96. The van der Waals surface area contributed by atoms with Crippen LogP contribution in [0.5, 0.6) is 0 Å². The largest absolute Gasteiger partial charge is 0.387 e. The molecule has 0 saturated carbocycles. The average molecular weight is 310 g/mol. The molecule has 0 unspecified atom stereocenters. The molecule has 1 N–H and O–H groups in total. The zero-order chi connectivity index (χ0) is 16.2. The highest BCUT2D eigenvalue weighted by Crippen LogP contribution is 2.32. The number of aryl methyl sites for hydroxylation is 2. The van der Waals surface area contributed by atoms with Gasteiger partial charge in [-0.25, -0.2) is 0 Å². The smallest absolute Gasteiger partial charge is 0.0637 e. The fourth-order valence-electron chi connectivity index (χ4n) is 2.96. The van der Waals surface area contributed by atoms with Gasteiger partial charge < -0.3 is 10.2 Å². The molecule has 1 aliphatic rings. The van der Waals surface area contributed by atoms with Crippen LogP contribution >= 0.6 is 0 Å². The van der Waals surface area contributed by atoms with Gasteiger partial charge in [-0.3, -0.25) is 9.97 Å². The van der Waals surface area contributed by atoms with E-state index in [1.807, 2.05) is 19.4 Å². The van der Waals surface area contributed by atoms with Crippen molar-refractivity contribution in [2.75, 3.05) is 30.4 Å². The van der Waals surface area contributed by atoms with Gasteiger partial charge in [0.25, 0.3) is 0 Å². The van der Waals surface area contributed by atoms with Crippen LogP contribution in [0.2, 0.25) is 0 Å². The fraction of sp³-hybridized carbons (Fsp3) is 0.474.